The first-order chi connectivity index (χ1) is 13.1. The molecule has 1 heteroatoms. The van der Waals surface area contributed by atoms with E-state index >= 15 is 0 Å². The van der Waals surface area contributed by atoms with Gasteiger partial charge in [0.1, 0.15) is 0 Å². The zero-order valence-corrected chi connectivity index (χ0v) is 16.0. The SMILES string of the molecule is CC(C)C(=O)c1cc2c(cc1C1c3ccccc3-c3ccccc31)CCC2. The molecule has 3 aromatic rings. The zero-order chi connectivity index (χ0) is 18.5. The van der Waals surface area contributed by atoms with E-state index < -0.39 is 0 Å². The van der Waals surface area contributed by atoms with Crippen LogP contribution in [-0.2, 0) is 12.8 Å². The number of carbonyl (C=O) groups excluding carboxylic acids is 1. The van der Waals surface area contributed by atoms with Crippen molar-refractivity contribution in [2.24, 2.45) is 5.92 Å². The maximum Gasteiger partial charge on any atom is 0.165 e. The number of aryl methyl sites for hydroxylation is 2. The molecule has 0 atom stereocenters. The highest BCUT2D eigenvalue weighted by atomic mass is 16.1. The molecule has 1 nitrogen and oxygen atoms in total. The largest absolute Gasteiger partial charge is 0.294 e. The monoisotopic (exact) mass is 352 g/mol. The third-order valence-corrected chi connectivity index (χ3v) is 6.20. The fraction of sp³-hybridized carbons (Fsp3) is 0.269. The van der Waals surface area contributed by atoms with E-state index in [0.29, 0.717) is 0 Å². The van der Waals surface area contributed by atoms with Gasteiger partial charge in [0, 0.05) is 17.4 Å². The smallest absolute Gasteiger partial charge is 0.165 e. The lowest BCUT2D eigenvalue weighted by atomic mass is 9.82. The lowest BCUT2D eigenvalue weighted by molar-refractivity contribution is 0.0938. The van der Waals surface area contributed by atoms with Gasteiger partial charge in [0.2, 0.25) is 0 Å². The Morgan fingerprint density at radius 1 is 0.815 bits per heavy atom. The molecule has 0 fully saturated rings. The molecular weight excluding hydrogens is 328 g/mol. The van der Waals surface area contributed by atoms with Gasteiger partial charge in [-0.15, -0.1) is 0 Å². The number of hydrogen-bond acceptors (Lipinski definition) is 1. The minimum absolute atomic E-state index is 0.00935. The van der Waals surface area contributed by atoms with Crippen LogP contribution in [0.2, 0.25) is 0 Å². The van der Waals surface area contributed by atoms with Crippen molar-refractivity contribution >= 4 is 5.78 Å². The molecule has 0 spiro atoms. The second-order valence-corrected chi connectivity index (χ2v) is 8.19. The van der Waals surface area contributed by atoms with Crippen molar-refractivity contribution in [2.45, 2.75) is 39.0 Å². The van der Waals surface area contributed by atoms with Gasteiger partial charge in [-0.25, -0.2) is 0 Å². The van der Waals surface area contributed by atoms with E-state index in [-0.39, 0.29) is 17.6 Å². The van der Waals surface area contributed by atoms with Gasteiger partial charge in [-0.1, -0.05) is 68.4 Å². The van der Waals surface area contributed by atoms with Crippen LogP contribution in [0.5, 0.6) is 0 Å². The van der Waals surface area contributed by atoms with Gasteiger partial charge < -0.3 is 0 Å². The number of Topliss-reactive ketones (excluding diaryl/α,β-unsaturated/α-hetero) is 1. The van der Waals surface area contributed by atoms with Crippen LogP contribution in [-0.4, -0.2) is 5.78 Å². The van der Waals surface area contributed by atoms with Crippen molar-refractivity contribution in [3.05, 3.63) is 94.0 Å². The van der Waals surface area contributed by atoms with Crippen LogP contribution < -0.4 is 0 Å². The molecule has 0 N–H and O–H groups in total. The van der Waals surface area contributed by atoms with E-state index in [9.17, 15) is 4.79 Å². The molecule has 2 aliphatic rings. The lowest BCUT2D eigenvalue weighted by Crippen LogP contribution is -2.14. The van der Waals surface area contributed by atoms with Crippen LogP contribution >= 0.6 is 0 Å². The molecule has 0 radical (unpaired) electrons. The second kappa shape index (κ2) is 6.20. The van der Waals surface area contributed by atoms with Gasteiger partial charge in [0.25, 0.3) is 0 Å². The Kier molecular flexibility index (Phi) is 3.79. The number of benzene rings is 3. The molecule has 3 aromatic carbocycles. The maximum absolute atomic E-state index is 13.1. The van der Waals surface area contributed by atoms with Crippen LogP contribution in [0.3, 0.4) is 0 Å². The molecule has 0 saturated heterocycles. The molecular formula is C26H24O. The van der Waals surface area contributed by atoms with Crippen LogP contribution in [0, 0.1) is 5.92 Å². The summed E-state index contributed by atoms with van der Waals surface area (Å²) < 4.78 is 0. The topological polar surface area (TPSA) is 17.1 Å². The Morgan fingerprint density at radius 3 is 1.96 bits per heavy atom. The summed E-state index contributed by atoms with van der Waals surface area (Å²) in [6, 6.07) is 21.9. The van der Waals surface area contributed by atoms with Gasteiger partial charge >= 0.3 is 0 Å². The Morgan fingerprint density at radius 2 is 1.37 bits per heavy atom. The normalized spacial score (nSPS) is 14.9. The van der Waals surface area contributed by atoms with Crippen molar-refractivity contribution in [3.63, 3.8) is 0 Å². The number of ketones is 1. The first kappa shape index (κ1) is 16.5. The molecule has 0 aromatic heterocycles. The summed E-state index contributed by atoms with van der Waals surface area (Å²) >= 11 is 0. The molecule has 0 heterocycles. The van der Waals surface area contributed by atoms with Gasteiger partial charge in [0.05, 0.1) is 0 Å². The van der Waals surface area contributed by atoms with Gasteiger partial charge in [-0.05, 0) is 64.3 Å². The first-order valence-electron chi connectivity index (χ1n) is 10.0. The number of rotatable bonds is 3. The molecule has 27 heavy (non-hydrogen) atoms. The second-order valence-electron chi connectivity index (χ2n) is 8.19. The molecule has 0 bridgehead atoms. The van der Waals surface area contributed by atoms with Crippen molar-refractivity contribution in [3.8, 4) is 11.1 Å². The average Bonchev–Trinajstić information content (AvgIpc) is 3.28. The number of hydrogen-bond donors (Lipinski definition) is 0. The summed E-state index contributed by atoms with van der Waals surface area (Å²) in [6.45, 7) is 4.02. The lowest BCUT2D eigenvalue weighted by Gasteiger charge is -2.21. The van der Waals surface area contributed by atoms with Gasteiger partial charge in [-0.3, -0.25) is 4.79 Å². The molecule has 0 amide bonds. The molecule has 5 rings (SSSR count). The van der Waals surface area contributed by atoms with E-state index in [1.807, 2.05) is 13.8 Å². The predicted octanol–water partition coefficient (Wildman–Crippen LogP) is 6.17. The number of carbonyl (C=O) groups is 1. The first-order valence-corrected chi connectivity index (χ1v) is 10.0. The van der Waals surface area contributed by atoms with Crippen molar-refractivity contribution < 1.29 is 4.79 Å². The maximum atomic E-state index is 13.1. The van der Waals surface area contributed by atoms with Crippen LogP contribution in [0.1, 0.15) is 64.4 Å². The third kappa shape index (κ3) is 2.49. The van der Waals surface area contributed by atoms with Gasteiger partial charge in [-0.2, -0.15) is 0 Å². The predicted molar refractivity (Wildman–Crippen MR) is 110 cm³/mol. The Bertz CT molecular complexity index is 1010. The molecule has 0 unspecified atom stereocenters. The Labute approximate surface area is 161 Å². The summed E-state index contributed by atoms with van der Waals surface area (Å²) in [5.74, 6) is 0.428. The highest BCUT2D eigenvalue weighted by molar-refractivity contribution is 6.00. The fourth-order valence-corrected chi connectivity index (χ4v) is 4.90. The summed E-state index contributed by atoms with van der Waals surface area (Å²) in [4.78, 5) is 13.1. The minimum Gasteiger partial charge on any atom is -0.294 e. The van der Waals surface area contributed by atoms with Crippen LogP contribution in [0.15, 0.2) is 60.7 Å². The summed E-state index contributed by atoms with van der Waals surface area (Å²) in [5.41, 5.74) is 10.2. The van der Waals surface area contributed by atoms with E-state index in [1.54, 1.807) is 0 Å². The Balaban J connectivity index is 1.79. The quantitative estimate of drug-likeness (QED) is 0.403. The van der Waals surface area contributed by atoms with E-state index in [2.05, 4.69) is 60.7 Å². The Hall–Kier alpha value is -2.67. The molecule has 2 aliphatic carbocycles. The summed E-state index contributed by atoms with van der Waals surface area (Å²) in [6.07, 6.45) is 3.44. The summed E-state index contributed by atoms with van der Waals surface area (Å²) in [5, 5.41) is 0. The average molecular weight is 352 g/mol. The van der Waals surface area contributed by atoms with E-state index in [4.69, 9.17) is 0 Å². The molecule has 0 saturated carbocycles. The van der Waals surface area contributed by atoms with Crippen LogP contribution in [0.4, 0.5) is 0 Å². The minimum atomic E-state index is 0.00935. The summed E-state index contributed by atoms with van der Waals surface area (Å²) in [7, 11) is 0. The van der Waals surface area contributed by atoms with E-state index in [1.165, 1.54) is 45.4 Å². The highest BCUT2D eigenvalue weighted by Gasteiger charge is 2.33. The molecule has 0 aliphatic heterocycles. The highest BCUT2D eigenvalue weighted by Crippen LogP contribution is 2.49. The zero-order valence-electron chi connectivity index (χ0n) is 16.0. The van der Waals surface area contributed by atoms with Gasteiger partial charge in [0.15, 0.2) is 5.78 Å². The number of fused-ring (bicyclic) bond motifs is 4. The third-order valence-electron chi connectivity index (χ3n) is 6.20. The fourth-order valence-electron chi connectivity index (χ4n) is 4.90. The van der Waals surface area contributed by atoms with Crippen molar-refractivity contribution in [1.82, 2.24) is 0 Å². The van der Waals surface area contributed by atoms with Crippen molar-refractivity contribution in [1.29, 1.82) is 0 Å². The van der Waals surface area contributed by atoms with E-state index in [0.717, 1.165) is 18.4 Å². The molecule has 134 valence electrons. The van der Waals surface area contributed by atoms with Crippen LogP contribution in [0.25, 0.3) is 11.1 Å². The van der Waals surface area contributed by atoms with Crippen molar-refractivity contribution in [2.75, 3.05) is 0 Å². The standard InChI is InChI=1S/C26H24O/c1-16(2)26(27)24-15-18-9-7-8-17(18)14-23(24)25-21-12-5-3-10-19(21)20-11-4-6-13-22(20)25/h3-6,10-16,25H,7-9H2,1-2H3.